The number of aliphatic hydroxyl groups is 1. The molecule has 4 rings (SSSR count). The predicted molar refractivity (Wildman–Crippen MR) is 103 cm³/mol. The van der Waals surface area contributed by atoms with Crippen molar-refractivity contribution in [3.63, 3.8) is 0 Å². The van der Waals surface area contributed by atoms with Crippen LogP contribution in [0.3, 0.4) is 0 Å². The fraction of sp³-hybridized carbons (Fsp3) is 0.0909. The molecule has 1 unspecified atom stereocenters. The van der Waals surface area contributed by atoms with Gasteiger partial charge in [0.2, 0.25) is 0 Å². The van der Waals surface area contributed by atoms with Gasteiger partial charge >= 0.3 is 0 Å². The van der Waals surface area contributed by atoms with Crippen molar-refractivity contribution in [1.29, 1.82) is 0 Å². The molecule has 0 aliphatic heterocycles. The second-order valence-corrected chi connectivity index (χ2v) is 6.24. The maximum Gasteiger partial charge on any atom is 0.251 e. The minimum absolute atomic E-state index is 0.155. The van der Waals surface area contributed by atoms with Crippen molar-refractivity contribution in [1.82, 2.24) is 10.3 Å². The van der Waals surface area contributed by atoms with Crippen LogP contribution in [-0.2, 0) is 0 Å². The summed E-state index contributed by atoms with van der Waals surface area (Å²) in [6, 6.07) is 22.9. The van der Waals surface area contributed by atoms with E-state index in [1.807, 2.05) is 60.7 Å². The van der Waals surface area contributed by atoms with Crippen LogP contribution in [0.25, 0.3) is 21.7 Å². The average Bonchev–Trinajstić information content (AvgIpc) is 2.71. The number of aliphatic hydroxyl groups excluding tert-OH is 1. The van der Waals surface area contributed by atoms with Gasteiger partial charge in [-0.25, -0.2) is 0 Å². The molecule has 1 atom stereocenters. The summed E-state index contributed by atoms with van der Waals surface area (Å²) in [5.41, 5.74) is 2.18. The third-order valence-corrected chi connectivity index (χ3v) is 4.48. The number of carbonyl (C=O) groups excluding carboxylic acids is 1. The Bertz CT molecular complexity index is 1090. The first-order valence-electron chi connectivity index (χ1n) is 8.50. The van der Waals surface area contributed by atoms with Gasteiger partial charge in [0.05, 0.1) is 11.6 Å². The van der Waals surface area contributed by atoms with Crippen LogP contribution in [0.2, 0.25) is 0 Å². The Labute approximate surface area is 151 Å². The van der Waals surface area contributed by atoms with Gasteiger partial charge in [0.1, 0.15) is 0 Å². The number of fused-ring (bicyclic) bond motifs is 2. The Morgan fingerprint density at radius 2 is 1.73 bits per heavy atom. The second-order valence-electron chi connectivity index (χ2n) is 6.24. The topological polar surface area (TPSA) is 62.2 Å². The smallest absolute Gasteiger partial charge is 0.251 e. The maximum atomic E-state index is 12.4. The maximum absolute atomic E-state index is 12.4. The van der Waals surface area contributed by atoms with Crippen LogP contribution < -0.4 is 5.32 Å². The number of hydrogen-bond acceptors (Lipinski definition) is 3. The second kappa shape index (κ2) is 6.94. The first kappa shape index (κ1) is 16.2. The van der Waals surface area contributed by atoms with Gasteiger partial charge in [-0.2, -0.15) is 0 Å². The van der Waals surface area contributed by atoms with Gasteiger partial charge in [0, 0.05) is 23.7 Å². The molecule has 4 heteroatoms. The van der Waals surface area contributed by atoms with Crippen LogP contribution in [0.1, 0.15) is 22.0 Å². The highest BCUT2D eigenvalue weighted by Gasteiger charge is 2.12. The van der Waals surface area contributed by atoms with E-state index in [9.17, 15) is 9.90 Å². The zero-order chi connectivity index (χ0) is 17.9. The Hall–Kier alpha value is -3.24. The molecule has 128 valence electrons. The molecule has 2 N–H and O–H groups in total. The number of nitrogens with zero attached hydrogens (tertiary/aromatic N) is 1. The van der Waals surface area contributed by atoms with E-state index in [2.05, 4.69) is 10.3 Å². The number of pyridine rings is 1. The van der Waals surface area contributed by atoms with Crippen LogP contribution >= 0.6 is 0 Å². The van der Waals surface area contributed by atoms with Crippen molar-refractivity contribution < 1.29 is 9.90 Å². The normalized spacial score (nSPS) is 12.2. The van der Waals surface area contributed by atoms with Crippen molar-refractivity contribution in [2.45, 2.75) is 6.10 Å². The molecule has 26 heavy (non-hydrogen) atoms. The summed E-state index contributed by atoms with van der Waals surface area (Å²) >= 11 is 0. The van der Waals surface area contributed by atoms with Gasteiger partial charge < -0.3 is 10.4 Å². The zero-order valence-electron chi connectivity index (χ0n) is 14.1. The van der Waals surface area contributed by atoms with E-state index >= 15 is 0 Å². The van der Waals surface area contributed by atoms with Crippen LogP contribution in [0, 0.1) is 0 Å². The van der Waals surface area contributed by atoms with E-state index < -0.39 is 6.10 Å². The lowest BCUT2D eigenvalue weighted by Crippen LogP contribution is -2.28. The molecule has 1 heterocycles. The molecule has 0 aliphatic carbocycles. The lowest BCUT2D eigenvalue weighted by molar-refractivity contribution is 0.0916. The van der Waals surface area contributed by atoms with Crippen molar-refractivity contribution in [3.05, 3.63) is 90.1 Å². The Balaban J connectivity index is 1.46. The van der Waals surface area contributed by atoms with Crippen molar-refractivity contribution >= 4 is 27.6 Å². The highest BCUT2D eigenvalue weighted by atomic mass is 16.3. The molecule has 4 aromatic rings. The van der Waals surface area contributed by atoms with Gasteiger partial charge in [-0.05, 0) is 46.7 Å². The van der Waals surface area contributed by atoms with E-state index in [0.717, 1.165) is 27.2 Å². The largest absolute Gasteiger partial charge is 0.387 e. The predicted octanol–water partition coefficient (Wildman–Crippen LogP) is 3.85. The number of hydrogen-bond donors (Lipinski definition) is 2. The SMILES string of the molecule is O=C(NCC(O)c1ccc2ccccc2c1)c1ccc2ncccc2c1. The fourth-order valence-electron chi connectivity index (χ4n) is 3.04. The monoisotopic (exact) mass is 342 g/mol. The number of rotatable bonds is 4. The van der Waals surface area contributed by atoms with Crippen LogP contribution in [0.4, 0.5) is 0 Å². The molecule has 0 saturated heterocycles. The van der Waals surface area contributed by atoms with Gasteiger partial charge in [0.15, 0.2) is 0 Å². The van der Waals surface area contributed by atoms with Crippen molar-refractivity contribution in [3.8, 4) is 0 Å². The Morgan fingerprint density at radius 3 is 2.62 bits per heavy atom. The average molecular weight is 342 g/mol. The highest BCUT2D eigenvalue weighted by Crippen LogP contribution is 2.20. The van der Waals surface area contributed by atoms with Crippen molar-refractivity contribution in [2.75, 3.05) is 6.54 Å². The van der Waals surface area contributed by atoms with Gasteiger partial charge in [-0.1, -0.05) is 42.5 Å². The lowest BCUT2D eigenvalue weighted by atomic mass is 10.0. The summed E-state index contributed by atoms with van der Waals surface area (Å²) in [6.45, 7) is 0.155. The molecular weight excluding hydrogens is 324 g/mol. The minimum atomic E-state index is -0.759. The van der Waals surface area contributed by atoms with E-state index in [1.54, 1.807) is 18.3 Å². The molecule has 0 radical (unpaired) electrons. The zero-order valence-corrected chi connectivity index (χ0v) is 14.1. The summed E-state index contributed by atoms with van der Waals surface area (Å²) in [5, 5.41) is 16.3. The highest BCUT2D eigenvalue weighted by molar-refractivity contribution is 5.97. The molecule has 1 amide bonds. The number of aromatic nitrogens is 1. The number of carbonyl (C=O) groups is 1. The molecule has 0 fully saturated rings. The fourth-order valence-corrected chi connectivity index (χ4v) is 3.04. The molecule has 4 nitrogen and oxygen atoms in total. The third kappa shape index (κ3) is 3.27. The summed E-state index contributed by atoms with van der Waals surface area (Å²) in [6.07, 6.45) is 0.966. The number of benzene rings is 3. The van der Waals surface area contributed by atoms with Crippen LogP contribution in [-0.4, -0.2) is 22.5 Å². The van der Waals surface area contributed by atoms with E-state index in [0.29, 0.717) is 5.56 Å². The van der Waals surface area contributed by atoms with E-state index in [1.165, 1.54) is 0 Å². The summed E-state index contributed by atoms with van der Waals surface area (Å²) < 4.78 is 0. The summed E-state index contributed by atoms with van der Waals surface area (Å²) in [5.74, 6) is -0.212. The van der Waals surface area contributed by atoms with Gasteiger partial charge in [-0.15, -0.1) is 0 Å². The Kier molecular flexibility index (Phi) is 4.33. The van der Waals surface area contributed by atoms with Crippen LogP contribution in [0.15, 0.2) is 79.0 Å². The summed E-state index contributed by atoms with van der Waals surface area (Å²) in [4.78, 5) is 16.6. The standard InChI is InChI=1S/C22H18N2O2/c25-21(18-8-7-15-4-1-2-5-16(15)12-18)14-24-22(26)19-9-10-20-17(13-19)6-3-11-23-20/h1-13,21,25H,14H2,(H,24,26). The number of amides is 1. The molecule has 0 aliphatic rings. The first-order valence-corrected chi connectivity index (χ1v) is 8.50. The van der Waals surface area contributed by atoms with Gasteiger partial charge in [-0.3, -0.25) is 9.78 Å². The molecule has 0 bridgehead atoms. The van der Waals surface area contributed by atoms with E-state index in [-0.39, 0.29) is 12.5 Å². The summed E-state index contributed by atoms with van der Waals surface area (Å²) in [7, 11) is 0. The molecule has 3 aromatic carbocycles. The molecule has 0 saturated carbocycles. The van der Waals surface area contributed by atoms with Crippen LogP contribution in [0.5, 0.6) is 0 Å². The van der Waals surface area contributed by atoms with Gasteiger partial charge in [0.25, 0.3) is 5.91 Å². The first-order chi connectivity index (χ1) is 12.7. The van der Waals surface area contributed by atoms with E-state index in [4.69, 9.17) is 0 Å². The quantitative estimate of drug-likeness (QED) is 0.592. The third-order valence-electron chi connectivity index (χ3n) is 4.48. The number of nitrogens with one attached hydrogen (secondary N) is 1. The Morgan fingerprint density at radius 1 is 0.923 bits per heavy atom. The molecule has 1 aromatic heterocycles. The molecular formula is C22H18N2O2. The molecule has 0 spiro atoms. The lowest BCUT2D eigenvalue weighted by Gasteiger charge is -2.13. The van der Waals surface area contributed by atoms with Crippen molar-refractivity contribution in [2.24, 2.45) is 0 Å². The minimum Gasteiger partial charge on any atom is -0.387 e.